The normalized spacial score (nSPS) is 21.0. The first-order valence-corrected chi connectivity index (χ1v) is 17.5. The monoisotopic (exact) mass is 646 g/mol. The highest BCUT2D eigenvalue weighted by atomic mass is 16.5. The Morgan fingerprint density at radius 1 is 1.02 bits per heavy atom. The first-order valence-electron chi connectivity index (χ1n) is 17.5. The zero-order chi connectivity index (χ0) is 33.8. The second-order valence-electron chi connectivity index (χ2n) is 15.2. The van der Waals surface area contributed by atoms with Crippen molar-refractivity contribution < 1.29 is 19.4 Å². The summed E-state index contributed by atoms with van der Waals surface area (Å²) in [5.41, 5.74) is 0.468. The summed E-state index contributed by atoms with van der Waals surface area (Å²) in [5, 5.41) is 15.3. The van der Waals surface area contributed by atoms with Crippen LogP contribution in [-0.4, -0.2) is 70.8 Å². The first-order chi connectivity index (χ1) is 22.4. The van der Waals surface area contributed by atoms with E-state index in [1.54, 1.807) is 0 Å². The Balaban J connectivity index is 1.27. The molecule has 5 rings (SSSR count). The van der Waals surface area contributed by atoms with Crippen LogP contribution in [0, 0.1) is 0 Å². The number of benzene rings is 1. The van der Waals surface area contributed by atoms with Crippen molar-refractivity contribution in [3.8, 4) is 0 Å². The van der Waals surface area contributed by atoms with Gasteiger partial charge >= 0.3 is 0 Å². The minimum absolute atomic E-state index is 0.00189. The number of aromatic nitrogens is 4. The van der Waals surface area contributed by atoms with E-state index in [2.05, 4.69) is 74.7 Å². The number of nitrogens with one attached hydrogen (secondary N) is 1. The lowest BCUT2D eigenvalue weighted by Crippen LogP contribution is -2.63. The Labute approximate surface area is 280 Å². The van der Waals surface area contributed by atoms with Crippen LogP contribution in [-0.2, 0) is 16.1 Å². The van der Waals surface area contributed by atoms with E-state index < -0.39 is 11.1 Å². The third kappa shape index (κ3) is 8.51. The summed E-state index contributed by atoms with van der Waals surface area (Å²) in [6.45, 7) is 13.6. The van der Waals surface area contributed by atoms with Crippen LogP contribution in [0.5, 0.6) is 0 Å². The quantitative estimate of drug-likeness (QED) is 0.221. The van der Waals surface area contributed by atoms with Gasteiger partial charge in [0.1, 0.15) is 18.4 Å². The predicted octanol–water partition coefficient (Wildman–Crippen LogP) is 5.66. The first kappa shape index (κ1) is 34.8. The van der Waals surface area contributed by atoms with Gasteiger partial charge in [0.05, 0.1) is 6.33 Å². The molecule has 1 aromatic carbocycles. The van der Waals surface area contributed by atoms with Crippen molar-refractivity contribution in [1.29, 1.82) is 0 Å². The predicted molar refractivity (Wildman–Crippen MR) is 182 cm³/mol. The van der Waals surface area contributed by atoms with Crippen LogP contribution in [0.1, 0.15) is 116 Å². The van der Waals surface area contributed by atoms with Gasteiger partial charge in [0.2, 0.25) is 12.2 Å². The molecule has 2 amide bonds. The maximum atomic E-state index is 13.2. The lowest BCUT2D eigenvalue weighted by molar-refractivity contribution is -0.684. The van der Waals surface area contributed by atoms with Gasteiger partial charge in [-0.2, -0.15) is 5.06 Å². The van der Waals surface area contributed by atoms with Crippen LogP contribution in [0.2, 0.25) is 0 Å². The standard InChI is InChI=1S/C37H55N7O3/c1-7-31(42-19-18-40(27-42)25-34(45)39-30-23-36(3,4)44(47)37(5,6)24-30)21-32(41-17-15-38-26-41)22-33(43-16-11-14-35(43)46)20-28(2)29-12-9-8-10-13-29/h8-10,12-13,15,17-19,26-28,30-33,47H,7,11,14,16,20-25H2,1-6H3/p+1. The van der Waals surface area contributed by atoms with E-state index >= 15 is 0 Å². The van der Waals surface area contributed by atoms with Crippen LogP contribution in [0.15, 0.2) is 67.8 Å². The second-order valence-corrected chi connectivity index (χ2v) is 15.2. The summed E-state index contributed by atoms with van der Waals surface area (Å²) in [6.07, 6.45) is 18.4. The Morgan fingerprint density at radius 3 is 2.34 bits per heavy atom. The van der Waals surface area contributed by atoms with E-state index in [1.807, 2.05) is 63.5 Å². The third-order valence-electron chi connectivity index (χ3n) is 10.5. The van der Waals surface area contributed by atoms with Gasteiger partial charge in [0.25, 0.3) is 5.91 Å². The lowest BCUT2D eigenvalue weighted by Gasteiger charge is -2.51. The van der Waals surface area contributed by atoms with Gasteiger partial charge in [-0.25, -0.2) is 14.1 Å². The average Bonchev–Trinajstić information content (AvgIpc) is 3.81. The number of rotatable bonds is 14. The van der Waals surface area contributed by atoms with Crippen molar-refractivity contribution in [1.82, 2.24) is 29.4 Å². The number of imidazole rings is 2. The number of carbonyl (C=O) groups excluding carboxylic acids is 2. The zero-order valence-corrected chi connectivity index (χ0v) is 29.3. The molecular formula is C37H56N7O3+. The summed E-state index contributed by atoms with van der Waals surface area (Å²) in [7, 11) is 0. The highest BCUT2D eigenvalue weighted by Crippen LogP contribution is 2.37. The molecule has 2 fully saturated rings. The second kappa shape index (κ2) is 14.7. The van der Waals surface area contributed by atoms with Crippen LogP contribution < -0.4 is 9.88 Å². The Kier molecular flexibility index (Phi) is 10.9. The number of nitrogens with zero attached hydrogens (tertiary/aromatic N) is 6. The molecule has 0 aliphatic carbocycles. The molecule has 2 aliphatic heterocycles. The maximum absolute atomic E-state index is 13.2. The molecule has 4 atom stereocenters. The summed E-state index contributed by atoms with van der Waals surface area (Å²) >= 11 is 0. The molecule has 47 heavy (non-hydrogen) atoms. The van der Waals surface area contributed by atoms with E-state index in [0.717, 1.165) is 38.6 Å². The average molecular weight is 647 g/mol. The molecule has 3 aromatic rings. The number of amides is 2. The zero-order valence-electron chi connectivity index (χ0n) is 29.3. The number of hydrogen-bond acceptors (Lipinski definition) is 5. The lowest BCUT2D eigenvalue weighted by atomic mass is 9.79. The maximum Gasteiger partial charge on any atom is 0.262 e. The van der Waals surface area contributed by atoms with Gasteiger partial charge in [0, 0.05) is 61.0 Å². The van der Waals surface area contributed by atoms with E-state index in [-0.39, 0.29) is 42.5 Å². The highest BCUT2D eigenvalue weighted by Gasteiger charge is 2.45. The Bertz CT molecular complexity index is 1430. The van der Waals surface area contributed by atoms with Crippen molar-refractivity contribution in [3.05, 3.63) is 73.3 Å². The minimum Gasteiger partial charge on any atom is -0.350 e. The van der Waals surface area contributed by atoms with E-state index in [4.69, 9.17) is 0 Å². The number of hydroxylamine groups is 2. The molecule has 2 aliphatic rings. The van der Waals surface area contributed by atoms with Crippen LogP contribution in [0.4, 0.5) is 0 Å². The fraction of sp³-hybridized carbons (Fsp3) is 0.622. The van der Waals surface area contributed by atoms with Gasteiger partial charge in [-0.15, -0.1) is 0 Å². The number of likely N-dealkylation sites (tertiary alicyclic amines) is 1. The topological polar surface area (TPSA) is 99.5 Å². The molecule has 10 nitrogen and oxygen atoms in total. The molecule has 0 radical (unpaired) electrons. The van der Waals surface area contributed by atoms with E-state index in [1.165, 1.54) is 10.6 Å². The van der Waals surface area contributed by atoms with Gasteiger partial charge in [-0.1, -0.05) is 44.2 Å². The van der Waals surface area contributed by atoms with Crippen LogP contribution in [0.3, 0.4) is 0 Å². The SMILES string of the molecule is CCC(CC(CC(CC(C)c1ccccc1)N1CCCC1=O)n1ccnc1)n1cc[n+](CC(=O)NC2CC(C)(C)N(O)C(C)(C)C2)c1. The molecule has 2 N–H and O–H groups in total. The van der Waals surface area contributed by atoms with Gasteiger partial charge in [-0.3, -0.25) is 9.59 Å². The van der Waals surface area contributed by atoms with Crippen molar-refractivity contribution in [2.75, 3.05) is 6.54 Å². The number of carbonyl (C=O) groups is 2. The largest absolute Gasteiger partial charge is 0.350 e. The third-order valence-corrected chi connectivity index (χ3v) is 10.5. The van der Waals surface area contributed by atoms with Crippen molar-refractivity contribution in [2.45, 2.75) is 141 Å². The summed E-state index contributed by atoms with van der Waals surface area (Å²) in [6, 6.07) is 11.1. The van der Waals surface area contributed by atoms with Crippen LogP contribution in [0.25, 0.3) is 0 Å². The van der Waals surface area contributed by atoms with Crippen molar-refractivity contribution in [2.24, 2.45) is 0 Å². The highest BCUT2D eigenvalue weighted by molar-refractivity contribution is 5.78. The smallest absolute Gasteiger partial charge is 0.262 e. The van der Waals surface area contributed by atoms with E-state index in [0.29, 0.717) is 25.2 Å². The Hall–Kier alpha value is -3.50. The molecule has 4 heterocycles. The van der Waals surface area contributed by atoms with Gasteiger partial charge in [-0.05, 0) is 77.7 Å². The summed E-state index contributed by atoms with van der Waals surface area (Å²) < 4.78 is 6.40. The fourth-order valence-corrected chi connectivity index (χ4v) is 8.22. The fourth-order valence-electron chi connectivity index (χ4n) is 8.22. The van der Waals surface area contributed by atoms with Gasteiger partial charge in [0.15, 0.2) is 6.54 Å². The number of piperidine rings is 1. The van der Waals surface area contributed by atoms with Crippen molar-refractivity contribution in [3.63, 3.8) is 0 Å². The van der Waals surface area contributed by atoms with Gasteiger partial charge < -0.3 is 20.0 Å². The minimum atomic E-state index is -0.420. The van der Waals surface area contributed by atoms with Crippen molar-refractivity contribution >= 4 is 11.8 Å². The molecule has 0 saturated carbocycles. The molecule has 4 unspecified atom stereocenters. The molecule has 2 aromatic heterocycles. The molecule has 0 spiro atoms. The van der Waals surface area contributed by atoms with Crippen LogP contribution >= 0.6 is 0 Å². The molecular weight excluding hydrogens is 590 g/mol. The number of hydrogen-bond donors (Lipinski definition) is 2. The molecule has 2 saturated heterocycles. The summed E-state index contributed by atoms with van der Waals surface area (Å²) in [4.78, 5) is 32.8. The Morgan fingerprint density at radius 2 is 1.72 bits per heavy atom. The summed E-state index contributed by atoms with van der Waals surface area (Å²) in [5.74, 6) is 0.582. The molecule has 0 bridgehead atoms. The molecule has 256 valence electrons. The van der Waals surface area contributed by atoms with E-state index in [9.17, 15) is 14.8 Å². The molecule has 10 heteroatoms.